The van der Waals surface area contributed by atoms with Crippen molar-refractivity contribution in [3.8, 4) is 0 Å². The zero-order chi connectivity index (χ0) is 16.0. The molecule has 0 saturated heterocycles. The maximum atomic E-state index is 12.5. The third kappa shape index (κ3) is 7.10. The van der Waals surface area contributed by atoms with E-state index in [-0.39, 0.29) is 18.9 Å². The molecule has 5 nitrogen and oxygen atoms in total. The van der Waals surface area contributed by atoms with E-state index in [4.69, 9.17) is 4.52 Å². The van der Waals surface area contributed by atoms with Crippen molar-refractivity contribution in [1.82, 2.24) is 15.0 Å². The fourth-order valence-corrected chi connectivity index (χ4v) is 1.90. The Labute approximate surface area is 121 Å². The number of halogens is 3. The number of hydrogen-bond acceptors (Lipinski definition) is 4. The molecule has 0 fully saturated rings. The Kier molecular flexibility index (Phi) is 6.17. The molecule has 0 aliphatic heterocycles. The van der Waals surface area contributed by atoms with Crippen molar-refractivity contribution < 1.29 is 22.5 Å². The lowest BCUT2D eigenvalue weighted by Crippen LogP contribution is -2.41. The SMILES string of the molecule is Cc1noc(CCCC(=O)N(CC(C)C)CC(F)(F)F)n1. The van der Waals surface area contributed by atoms with Crippen molar-refractivity contribution in [2.24, 2.45) is 5.92 Å². The number of aryl methyl sites for hydroxylation is 2. The molecule has 8 heteroatoms. The fraction of sp³-hybridized carbons (Fsp3) is 0.769. The predicted molar refractivity (Wildman–Crippen MR) is 69.4 cm³/mol. The van der Waals surface area contributed by atoms with E-state index in [2.05, 4.69) is 10.1 Å². The van der Waals surface area contributed by atoms with Gasteiger partial charge in [-0.15, -0.1) is 0 Å². The summed E-state index contributed by atoms with van der Waals surface area (Å²) in [4.78, 5) is 16.8. The van der Waals surface area contributed by atoms with Crippen molar-refractivity contribution in [2.45, 2.75) is 46.2 Å². The number of carbonyl (C=O) groups is 1. The highest BCUT2D eigenvalue weighted by Crippen LogP contribution is 2.18. The first-order valence-corrected chi connectivity index (χ1v) is 6.81. The van der Waals surface area contributed by atoms with Gasteiger partial charge in [0, 0.05) is 19.4 Å². The Morgan fingerprint density at radius 1 is 1.38 bits per heavy atom. The van der Waals surface area contributed by atoms with Gasteiger partial charge in [-0.1, -0.05) is 19.0 Å². The van der Waals surface area contributed by atoms with Gasteiger partial charge in [0.05, 0.1) is 0 Å². The van der Waals surface area contributed by atoms with Crippen LogP contribution in [0.25, 0.3) is 0 Å². The third-order valence-corrected chi connectivity index (χ3v) is 2.66. The summed E-state index contributed by atoms with van der Waals surface area (Å²) < 4.78 is 42.3. The van der Waals surface area contributed by atoms with E-state index in [1.54, 1.807) is 20.8 Å². The number of rotatable bonds is 7. The maximum absolute atomic E-state index is 12.5. The second-order valence-electron chi connectivity index (χ2n) is 5.37. The van der Waals surface area contributed by atoms with Gasteiger partial charge in [0.25, 0.3) is 0 Å². The Morgan fingerprint density at radius 3 is 2.52 bits per heavy atom. The number of alkyl halides is 3. The minimum absolute atomic E-state index is 0.0186. The third-order valence-electron chi connectivity index (χ3n) is 2.66. The zero-order valence-electron chi connectivity index (χ0n) is 12.4. The molecule has 0 bridgehead atoms. The number of amides is 1. The molecular weight excluding hydrogens is 287 g/mol. The Morgan fingerprint density at radius 2 is 2.05 bits per heavy atom. The van der Waals surface area contributed by atoms with Gasteiger partial charge in [-0.05, 0) is 19.3 Å². The van der Waals surface area contributed by atoms with Crippen LogP contribution in [0.15, 0.2) is 4.52 Å². The van der Waals surface area contributed by atoms with Crippen LogP contribution in [0.4, 0.5) is 13.2 Å². The lowest BCUT2D eigenvalue weighted by Gasteiger charge is -2.25. The molecule has 0 radical (unpaired) electrons. The minimum Gasteiger partial charge on any atom is -0.339 e. The molecule has 0 saturated carbocycles. The van der Waals surface area contributed by atoms with Crippen molar-refractivity contribution in [3.05, 3.63) is 11.7 Å². The number of hydrogen-bond donors (Lipinski definition) is 0. The van der Waals surface area contributed by atoms with E-state index >= 15 is 0 Å². The molecule has 1 rings (SSSR count). The van der Waals surface area contributed by atoms with Crippen LogP contribution < -0.4 is 0 Å². The molecular formula is C13H20F3N3O2. The normalized spacial score (nSPS) is 12.0. The zero-order valence-corrected chi connectivity index (χ0v) is 12.4. The van der Waals surface area contributed by atoms with E-state index in [1.807, 2.05) is 0 Å². The lowest BCUT2D eigenvalue weighted by atomic mass is 10.1. The molecule has 0 N–H and O–H groups in total. The summed E-state index contributed by atoms with van der Waals surface area (Å²) in [5, 5.41) is 3.61. The van der Waals surface area contributed by atoms with Gasteiger partial charge >= 0.3 is 6.18 Å². The summed E-state index contributed by atoms with van der Waals surface area (Å²) in [7, 11) is 0. The van der Waals surface area contributed by atoms with Crippen LogP contribution in [0.3, 0.4) is 0 Å². The molecule has 0 aliphatic carbocycles. The first-order chi connectivity index (χ1) is 9.67. The molecule has 120 valence electrons. The molecule has 1 aromatic heterocycles. The van der Waals surface area contributed by atoms with Crippen molar-refractivity contribution in [3.63, 3.8) is 0 Å². The molecule has 1 amide bonds. The van der Waals surface area contributed by atoms with Gasteiger partial charge in [-0.3, -0.25) is 4.79 Å². The average molecular weight is 307 g/mol. The van der Waals surface area contributed by atoms with Crippen LogP contribution in [0.5, 0.6) is 0 Å². The lowest BCUT2D eigenvalue weighted by molar-refractivity contribution is -0.162. The van der Waals surface area contributed by atoms with Crippen LogP contribution in [-0.4, -0.2) is 40.2 Å². The smallest absolute Gasteiger partial charge is 0.339 e. The van der Waals surface area contributed by atoms with Crippen LogP contribution in [0.2, 0.25) is 0 Å². The topological polar surface area (TPSA) is 59.2 Å². The van der Waals surface area contributed by atoms with Crippen LogP contribution in [0, 0.1) is 12.8 Å². The number of aromatic nitrogens is 2. The van der Waals surface area contributed by atoms with Gasteiger partial charge in [0.2, 0.25) is 11.8 Å². The van der Waals surface area contributed by atoms with E-state index in [1.165, 1.54) is 0 Å². The van der Waals surface area contributed by atoms with Crippen LogP contribution >= 0.6 is 0 Å². The van der Waals surface area contributed by atoms with Gasteiger partial charge in [0.15, 0.2) is 5.82 Å². The quantitative estimate of drug-likeness (QED) is 0.777. The summed E-state index contributed by atoms with van der Waals surface area (Å²) in [5.41, 5.74) is 0. The predicted octanol–water partition coefficient (Wildman–Crippen LogP) is 2.75. The minimum atomic E-state index is -4.38. The van der Waals surface area contributed by atoms with Crippen molar-refractivity contribution >= 4 is 5.91 Å². The van der Waals surface area contributed by atoms with Crippen molar-refractivity contribution in [1.29, 1.82) is 0 Å². The summed E-state index contributed by atoms with van der Waals surface area (Å²) in [6, 6.07) is 0. The highest BCUT2D eigenvalue weighted by Gasteiger charge is 2.32. The summed E-state index contributed by atoms with van der Waals surface area (Å²) in [6.45, 7) is 4.11. The summed E-state index contributed by atoms with van der Waals surface area (Å²) in [5.74, 6) is 0.369. The highest BCUT2D eigenvalue weighted by atomic mass is 19.4. The number of nitrogens with zero attached hydrogens (tertiary/aromatic N) is 3. The Hall–Kier alpha value is -1.60. The van der Waals surface area contributed by atoms with E-state index < -0.39 is 18.6 Å². The highest BCUT2D eigenvalue weighted by molar-refractivity contribution is 5.76. The molecule has 1 aromatic rings. The molecule has 21 heavy (non-hydrogen) atoms. The van der Waals surface area contributed by atoms with Gasteiger partial charge in [0.1, 0.15) is 6.54 Å². The Balaban J connectivity index is 2.47. The second-order valence-corrected chi connectivity index (χ2v) is 5.37. The van der Waals surface area contributed by atoms with Crippen LogP contribution in [-0.2, 0) is 11.2 Å². The van der Waals surface area contributed by atoms with E-state index in [0.29, 0.717) is 24.6 Å². The van der Waals surface area contributed by atoms with Gasteiger partial charge < -0.3 is 9.42 Å². The van der Waals surface area contributed by atoms with Gasteiger partial charge in [-0.2, -0.15) is 18.2 Å². The fourth-order valence-electron chi connectivity index (χ4n) is 1.90. The first-order valence-electron chi connectivity index (χ1n) is 6.81. The Bertz CT molecular complexity index is 458. The van der Waals surface area contributed by atoms with Crippen molar-refractivity contribution in [2.75, 3.05) is 13.1 Å². The van der Waals surface area contributed by atoms with E-state index in [0.717, 1.165) is 4.90 Å². The standard InChI is InChI=1S/C13H20F3N3O2/c1-9(2)7-19(8-13(14,15)16)12(20)6-4-5-11-17-10(3)18-21-11/h9H,4-8H2,1-3H3. The first kappa shape index (κ1) is 17.5. The summed E-state index contributed by atoms with van der Waals surface area (Å²) in [6.07, 6.45) is -3.58. The van der Waals surface area contributed by atoms with Gasteiger partial charge in [-0.25, -0.2) is 0 Å². The monoisotopic (exact) mass is 307 g/mol. The molecule has 0 aromatic carbocycles. The molecule has 0 atom stereocenters. The van der Waals surface area contributed by atoms with Crippen LogP contribution in [0.1, 0.15) is 38.4 Å². The second kappa shape index (κ2) is 7.42. The largest absolute Gasteiger partial charge is 0.406 e. The van der Waals surface area contributed by atoms with E-state index in [9.17, 15) is 18.0 Å². The molecule has 0 spiro atoms. The molecule has 1 heterocycles. The average Bonchev–Trinajstić information content (AvgIpc) is 2.71. The number of carbonyl (C=O) groups excluding carboxylic acids is 1. The molecule has 0 unspecified atom stereocenters. The molecule has 0 aliphatic rings. The maximum Gasteiger partial charge on any atom is 0.406 e. The summed E-state index contributed by atoms with van der Waals surface area (Å²) >= 11 is 0.